The molecule has 0 aliphatic heterocycles. The lowest BCUT2D eigenvalue weighted by Gasteiger charge is -2.45. The van der Waals surface area contributed by atoms with E-state index in [0.717, 1.165) is 63.3 Å². The zero-order chi connectivity index (χ0) is 25.6. The van der Waals surface area contributed by atoms with Crippen molar-refractivity contribution in [3.8, 4) is 0 Å². The molecule has 0 aromatic rings. The normalized spacial score (nSPS) is 29.2. The second kappa shape index (κ2) is 11.9. The number of allylic oxidation sites excluding steroid dienone is 8. The number of nitrogens with two attached hydrogens (primary N) is 1. The van der Waals surface area contributed by atoms with Crippen LogP contribution in [0.1, 0.15) is 73.1 Å². The lowest BCUT2D eigenvalue weighted by molar-refractivity contribution is 0.0866. The van der Waals surface area contributed by atoms with Crippen LogP contribution >= 0.6 is 0 Å². The minimum atomic E-state index is -0.325. The SMILES string of the molecule is CCN(CC(C)C1=CC=C(OC)C[C@H]1C)C[C@]1(N)C[C@H](OC2=CC=C(F)C=CC2)CC1(CC)CC. The average Bonchev–Trinajstić information content (AvgIpc) is 2.95. The Kier molecular flexibility index (Phi) is 9.45. The van der Waals surface area contributed by atoms with E-state index < -0.39 is 0 Å². The van der Waals surface area contributed by atoms with Gasteiger partial charge in [0.05, 0.1) is 12.9 Å². The Balaban J connectivity index is 1.73. The summed E-state index contributed by atoms with van der Waals surface area (Å²) in [5.74, 6) is 2.60. The van der Waals surface area contributed by atoms with Crippen molar-refractivity contribution in [1.29, 1.82) is 0 Å². The fraction of sp³-hybridized carbons (Fsp3) is 0.667. The smallest absolute Gasteiger partial charge is 0.123 e. The van der Waals surface area contributed by atoms with E-state index in [-0.39, 0.29) is 22.9 Å². The van der Waals surface area contributed by atoms with Gasteiger partial charge >= 0.3 is 0 Å². The molecule has 0 aromatic heterocycles. The van der Waals surface area contributed by atoms with Crippen LogP contribution in [0.5, 0.6) is 0 Å². The molecule has 0 amide bonds. The molecule has 1 saturated carbocycles. The van der Waals surface area contributed by atoms with Crippen molar-refractivity contribution in [2.24, 2.45) is 23.0 Å². The largest absolute Gasteiger partial charge is 0.501 e. The minimum Gasteiger partial charge on any atom is -0.501 e. The van der Waals surface area contributed by atoms with E-state index in [1.165, 1.54) is 17.7 Å². The first-order valence-corrected chi connectivity index (χ1v) is 13.5. The van der Waals surface area contributed by atoms with Crippen molar-refractivity contribution in [1.82, 2.24) is 4.90 Å². The molecule has 0 spiro atoms. The summed E-state index contributed by atoms with van der Waals surface area (Å²) in [5, 5.41) is 0. The average molecular weight is 487 g/mol. The van der Waals surface area contributed by atoms with Gasteiger partial charge in [0.25, 0.3) is 0 Å². The molecule has 5 heteroatoms. The molecule has 35 heavy (non-hydrogen) atoms. The van der Waals surface area contributed by atoms with Crippen LogP contribution in [0.25, 0.3) is 0 Å². The molecule has 0 aromatic carbocycles. The molecule has 4 atom stereocenters. The third-order valence-electron chi connectivity index (χ3n) is 8.82. The molecule has 0 saturated heterocycles. The van der Waals surface area contributed by atoms with Crippen molar-refractivity contribution < 1.29 is 13.9 Å². The molecule has 1 unspecified atom stereocenters. The number of hydrogen-bond acceptors (Lipinski definition) is 4. The summed E-state index contributed by atoms with van der Waals surface area (Å²) in [6.07, 6.45) is 16.5. The zero-order valence-corrected chi connectivity index (χ0v) is 22.8. The van der Waals surface area contributed by atoms with Crippen molar-refractivity contribution in [2.75, 3.05) is 26.7 Å². The van der Waals surface area contributed by atoms with Crippen molar-refractivity contribution in [3.05, 3.63) is 59.4 Å². The highest BCUT2D eigenvalue weighted by molar-refractivity contribution is 5.26. The first-order chi connectivity index (χ1) is 16.7. The number of rotatable bonds is 11. The van der Waals surface area contributed by atoms with Crippen LogP contribution in [-0.4, -0.2) is 43.3 Å². The van der Waals surface area contributed by atoms with Gasteiger partial charge in [0.15, 0.2) is 0 Å². The molecule has 0 radical (unpaired) electrons. The van der Waals surface area contributed by atoms with Crippen LogP contribution in [-0.2, 0) is 9.47 Å². The molecule has 0 heterocycles. The first-order valence-electron chi connectivity index (χ1n) is 13.5. The topological polar surface area (TPSA) is 47.7 Å². The molecule has 4 nitrogen and oxygen atoms in total. The lowest BCUT2D eigenvalue weighted by atomic mass is 9.68. The van der Waals surface area contributed by atoms with Crippen LogP contribution < -0.4 is 5.73 Å². The molecular weight excluding hydrogens is 439 g/mol. The predicted molar refractivity (Wildman–Crippen MR) is 143 cm³/mol. The Hall–Kier alpha value is -1.85. The number of methoxy groups -OCH3 is 1. The van der Waals surface area contributed by atoms with Gasteiger partial charge in [0.1, 0.15) is 17.7 Å². The second-order valence-electron chi connectivity index (χ2n) is 10.9. The summed E-state index contributed by atoms with van der Waals surface area (Å²) in [4.78, 5) is 2.54. The van der Waals surface area contributed by atoms with Gasteiger partial charge in [-0.3, -0.25) is 0 Å². The molecule has 1 fully saturated rings. The third-order valence-corrected chi connectivity index (χ3v) is 8.82. The monoisotopic (exact) mass is 486 g/mol. The summed E-state index contributed by atoms with van der Waals surface area (Å²) < 4.78 is 25.5. The first kappa shape index (κ1) is 27.7. The fourth-order valence-corrected chi connectivity index (χ4v) is 6.62. The Morgan fingerprint density at radius 2 is 1.83 bits per heavy atom. The van der Waals surface area contributed by atoms with Gasteiger partial charge in [-0.15, -0.1) is 0 Å². The van der Waals surface area contributed by atoms with E-state index >= 15 is 0 Å². The van der Waals surface area contributed by atoms with Crippen LogP contribution in [0.2, 0.25) is 0 Å². The summed E-state index contributed by atoms with van der Waals surface area (Å²) in [6, 6.07) is 0. The van der Waals surface area contributed by atoms with E-state index in [4.69, 9.17) is 15.2 Å². The van der Waals surface area contributed by atoms with Crippen LogP contribution in [0.4, 0.5) is 4.39 Å². The quantitative estimate of drug-likeness (QED) is 0.348. The van der Waals surface area contributed by atoms with E-state index in [2.05, 4.69) is 51.7 Å². The third kappa shape index (κ3) is 6.29. The maximum atomic E-state index is 13.6. The van der Waals surface area contributed by atoms with E-state index in [0.29, 0.717) is 18.3 Å². The highest BCUT2D eigenvalue weighted by Crippen LogP contribution is 2.52. The number of hydrogen-bond donors (Lipinski definition) is 1. The Morgan fingerprint density at radius 1 is 1.11 bits per heavy atom. The van der Waals surface area contributed by atoms with Crippen molar-refractivity contribution in [2.45, 2.75) is 84.8 Å². The summed E-state index contributed by atoms with van der Waals surface area (Å²) in [7, 11) is 1.75. The Labute approximate surface area is 212 Å². The van der Waals surface area contributed by atoms with Gasteiger partial charge < -0.3 is 20.1 Å². The van der Waals surface area contributed by atoms with Gasteiger partial charge in [0.2, 0.25) is 0 Å². The molecule has 3 rings (SSSR count). The molecule has 0 bridgehead atoms. The predicted octanol–water partition coefficient (Wildman–Crippen LogP) is 6.82. The standard InChI is InChI=1S/C30H47FN2O2/c1-7-29(8-2)18-27(35-25-12-10-11-24(31)13-14-25)19-30(29,32)21-33(9-3)20-23(5)28-16-15-26(34-6)17-22(28)4/h10-11,13-16,22-23,27H,7-9,12,17-21,32H2,1-6H3/t22-,23?,27-,30-/m1/s1. The second-order valence-corrected chi connectivity index (χ2v) is 10.9. The molecule has 2 N–H and O–H groups in total. The zero-order valence-electron chi connectivity index (χ0n) is 22.8. The van der Waals surface area contributed by atoms with Crippen molar-refractivity contribution >= 4 is 0 Å². The molecule has 3 aliphatic carbocycles. The maximum Gasteiger partial charge on any atom is 0.123 e. The van der Waals surface area contributed by atoms with Crippen molar-refractivity contribution in [3.63, 3.8) is 0 Å². The van der Waals surface area contributed by atoms with Gasteiger partial charge in [-0.2, -0.15) is 0 Å². The van der Waals surface area contributed by atoms with Gasteiger partial charge in [-0.1, -0.05) is 52.3 Å². The summed E-state index contributed by atoms with van der Waals surface area (Å²) in [6.45, 7) is 14.2. The minimum absolute atomic E-state index is 0.0318. The summed E-state index contributed by atoms with van der Waals surface area (Å²) >= 11 is 0. The van der Waals surface area contributed by atoms with Crippen LogP contribution in [0, 0.1) is 17.3 Å². The number of ether oxygens (including phenoxy) is 2. The number of likely N-dealkylation sites (N-methyl/N-ethyl adjacent to an activating group) is 1. The van der Waals surface area contributed by atoms with Gasteiger partial charge in [-0.05, 0) is 67.4 Å². The number of nitrogens with zero attached hydrogens (tertiary/aromatic N) is 1. The Morgan fingerprint density at radius 3 is 2.46 bits per heavy atom. The maximum absolute atomic E-state index is 13.6. The van der Waals surface area contributed by atoms with Crippen LogP contribution in [0.15, 0.2) is 59.4 Å². The Bertz CT molecular complexity index is 883. The molecule has 196 valence electrons. The summed E-state index contributed by atoms with van der Waals surface area (Å²) in [5.41, 5.74) is 8.54. The van der Waals surface area contributed by atoms with Gasteiger partial charge in [-0.25, -0.2) is 4.39 Å². The van der Waals surface area contributed by atoms with E-state index in [9.17, 15) is 4.39 Å². The molecular formula is C30H47FN2O2. The van der Waals surface area contributed by atoms with Crippen LogP contribution in [0.3, 0.4) is 0 Å². The van der Waals surface area contributed by atoms with E-state index in [1.807, 2.05) is 6.08 Å². The highest BCUT2D eigenvalue weighted by atomic mass is 19.1. The molecule has 3 aliphatic rings. The highest BCUT2D eigenvalue weighted by Gasteiger charge is 2.55. The fourth-order valence-electron chi connectivity index (χ4n) is 6.62. The van der Waals surface area contributed by atoms with Gasteiger partial charge in [0, 0.05) is 37.9 Å². The lowest BCUT2D eigenvalue weighted by Crippen LogP contribution is -2.59. The van der Waals surface area contributed by atoms with E-state index in [1.54, 1.807) is 13.2 Å². The number of halogens is 1.